The molecule has 3 rings (SSSR count). The maximum atomic E-state index is 4.05. The molecule has 24 heavy (non-hydrogen) atoms. The van der Waals surface area contributed by atoms with Crippen LogP contribution in [0.15, 0.2) is 43.1 Å². The van der Waals surface area contributed by atoms with Crippen LogP contribution in [-0.2, 0) is 6.42 Å². The first kappa shape index (κ1) is 18.8. The van der Waals surface area contributed by atoms with Crippen molar-refractivity contribution in [1.82, 2.24) is 9.88 Å². The summed E-state index contributed by atoms with van der Waals surface area (Å²) >= 11 is 0. The van der Waals surface area contributed by atoms with Gasteiger partial charge in [-0.25, -0.2) is 0 Å². The lowest BCUT2D eigenvalue weighted by Crippen LogP contribution is -2.40. The zero-order valence-electron chi connectivity index (χ0n) is 14.4. The van der Waals surface area contributed by atoms with E-state index in [1.165, 1.54) is 55.2 Å². The van der Waals surface area contributed by atoms with Gasteiger partial charge in [0.2, 0.25) is 0 Å². The number of likely N-dealkylation sites (tertiary alicyclic amines) is 1. The molecule has 134 valence electrons. The van der Waals surface area contributed by atoms with Gasteiger partial charge in [0.05, 0.1) is 0 Å². The van der Waals surface area contributed by atoms with E-state index in [1.54, 1.807) is 0 Å². The number of benzene rings is 1. The number of rotatable bonds is 7. The Kier molecular flexibility index (Phi) is 7.11. The monoisotopic (exact) mass is 328 g/mol. The Balaban J connectivity index is 0.00000156. The molecule has 0 saturated carbocycles. The van der Waals surface area contributed by atoms with E-state index in [4.69, 9.17) is 0 Å². The molecule has 1 aliphatic rings. The van der Waals surface area contributed by atoms with Crippen LogP contribution in [0.1, 0.15) is 47.0 Å². The summed E-state index contributed by atoms with van der Waals surface area (Å²) in [6.45, 7) is 9.97. The number of para-hydroxylation sites is 1. The Hall–Kier alpha value is -1.54. The molecular formula is C22H36N2. The zero-order valence-corrected chi connectivity index (χ0v) is 14.4. The summed E-state index contributed by atoms with van der Waals surface area (Å²) in [5.74, 6) is 1.53. The lowest BCUT2D eigenvalue weighted by atomic mass is 9.86. The topological polar surface area (TPSA) is 19.0 Å². The Bertz CT molecular complexity index is 634. The fourth-order valence-corrected chi connectivity index (χ4v) is 4.02. The van der Waals surface area contributed by atoms with Crippen molar-refractivity contribution < 1.29 is 1.43 Å². The van der Waals surface area contributed by atoms with Crippen molar-refractivity contribution >= 4 is 10.9 Å². The summed E-state index contributed by atoms with van der Waals surface area (Å²) < 4.78 is 0. The van der Waals surface area contributed by atoms with Crippen molar-refractivity contribution in [2.24, 2.45) is 11.8 Å². The molecule has 0 spiro atoms. The van der Waals surface area contributed by atoms with Gasteiger partial charge in [-0.3, -0.25) is 0 Å². The summed E-state index contributed by atoms with van der Waals surface area (Å²) in [6.07, 6.45) is 10.9. The molecule has 2 nitrogen and oxygen atoms in total. The van der Waals surface area contributed by atoms with Crippen LogP contribution in [0.3, 0.4) is 0 Å². The second-order valence-electron chi connectivity index (χ2n) is 7.11. The van der Waals surface area contributed by atoms with Gasteiger partial charge in [0, 0.05) is 38.2 Å². The van der Waals surface area contributed by atoms with E-state index in [0.29, 0.717) is 5.92 Å². The van der Waals surface area contributed by atoms with E-state index in [2.05, 4.69) is 59.9 Å². The second kappa shape index (κ2) is 9.08. The van der Waals surface area contributed by atoms with Crippen molar-refractivity contribution in [3.63, 3.8) is 0 Å². The molecule has 1 fully saturated rings. The number of aromatic amines is 1. The Morgan fingerprint density at radius 3 is 2.96 bits per heavy atom. The van der Waals surface area contributed by atoms with Crippen LogP contribution in [0.2, 0.25) is 0 Å². The van der Waals surface area contributed by atoms with Gasteiger partial charge in [-0.2, -0.15) is 0 Å². The average molecular weight is 329 g/mol. The Morgan fingerprint density at radius 1 is 1.33 bits per heavy atom. The van der Waals surface area contributed by atoms with Crippen molar-refractivity contribution in [2.45, 2.75) is 46.5 Å². The first-order valence-corrected chi connectivity index (χ1v) is 9.20. The smallest absolute Gasteiger partial charge is 0.0456 e. The van der Waals surface area contributed by atoms with Gasteiger partial charge in [-0.05, 0) is 42.7 Å². The maximum Gasteiger partial charge on any atom is 0.0456 e. The highest BCUT2D eigenvalue weighted by molar-refractivity contribution is 5.83. The third-order valence-electron chi connectivity index (χ3n) is 5.32. The van der Waals surface area contributed by atoms with Crippen LogP contribution in [0.25, 0.3) is 10.9 Å². The Morgan fingerprint density at radius 2 is 2.17 bits per heavy atom. The third kappa shape index (κ3) is 4.51. The lowest BCUT2D eigenvalue weighted by Gasteiger charge is -2.37. The van der Waals surface area contributed by atoms with Crippen molar-refractivity contribution in [3.8, 4) is 0 Å². The van der Waals surface area contributed by atoms with Crippen LogP contribution in [0.5, 0.6) is 0 Å². The molecule has 2 atom stereocenters. The summed E-state index contributed by atoms with van der Waals surface area (Å²) in [4.78, 5) is 6.06. The molecule has 1 aromatic heterocycles. The SMILES string of the molecule is C.C=CC1CC(CCCC)CN(CCc2c[nH]c3ccccc23)C1.[HH]. The minimum Gasteiger partial charge on any atom is -0.361 e. The summed E-state index contributed by atoms with van der Waals surface area (Å²) in [5, 5.41) is 1.38. The number of fused-ring (bicyclic) bond motifs is 1. The Labute approximate surface area is 149 Å². The highest BCUT2D eigenvalue weighted by Gasteiger charge is 2.25. The number of piperidine rings is 1. The standard InChI is InChI=1S/C21H30N2.CH4.H2/c1-3-5-8-18-13-17(4-2)15-23(16-18)12-11-19-14-22-21-10-7-6-9-20(19)21;;/h4,6-7,9-10,14,17-18,22H,2-3,5,8,11-13,15-16H2,1H3;1H4;1H. The first-order chi connectivity index (χ1) is 11.3. The quantitative estimate of drug-likeness (QED) is 0.626. The second-order valence-corrected chi connectivity index (χ2v) is 7.11. The van der Waals surface area contributed by atoms with Gasteiger partial charge in [0.25, 0.3) is 0 Å². The molecule has 0 bridgehead atoms. The van der Waals surface area contributed by atoms with E-state index in [-0.39, 0.29) is 8.85 Å². The molecule has 1 aliphatic heterocycles. The van der Waals surface area contributed by atoms with Crippen LogP contribution in [0, 0.1) is 11.8 Å². The molecule has 0 radical (unpaired) electrons. The van der Waals surface area contributed by atoms with Gasteiger partial charge in [-0.1, -0.05) is 51.5 Å². The molecule has 1 N–H and O–H groups in total. The van der Waals surface area contributed by atoms with E-state index in [9.17, 15) is 0 Å². The summed E-state index contributed by atoms with van der Waals surface area (Å²) in [6, 6.07) is 8.62. The fourth-order valence-electron chi connectivity index (χ4n) is 4.02. The predicted molar refractivity (Wildman–Crippen MR) is 109 cm³/mol. The van der Waals surface area contributed by atoms with E-state index in [0.717, 1.165) is 18.9 Å². The summed E-state index contributed by atoms with van der Waals surface area (Å²) in [5.41, 5.74) is 2.71. The highest BCUT2D eigenvalue weighted by atomic mass is 15.1. The minimum atomic E-state index is 0. The molecule has 0 amide bonds. The molecule has 1 saturated heterocycles. The normalized spacial score (nSPS) is 21.5. The zero-order chi connectivity index (χ0) is 16.1. The van der Waals surface area contributed by atoms with Crippen molar-refractivity contribution in [3.05, 3.63) is 48.7 Å². The summed E-state index contributed by atoms with van der Waals surface area (Å²) in [7, 11) is 0. The number of nitrogens with zero attached hydrogens (tertiary/aromatic N) is 1. The average Bonchev–Trinajstić information content (AvgIpc) is 3.01. The van der Waals surface area contributed by atoms with Gasteiger partial charge in [-0.15, -0.1) is 6.58 Å². The van der Waals surface area contributed by atoms with E-state index in [1.807, 2.05) is 0 Å². The van der Waals surface area contributed by atoms with E-state index >= 15 is 0 Å². The molecule has 2 heterocycles. The van der Waals surface area contributed by atoms with Gasteiger partial charge in [0.15, 0.2) is 0 Å². The van der Waals surface area contributed by atoms with Crippen molar-refractivity contribution in [2.75, 3.05) is 19.6 Å². The largest absolute Gasteiger partial charge is 0.361 e. The van der Waals surface area contributed by atoms with Crippen molar-refractivity contribution in [1.29, 1.82) is 0 Å². The number of unbranched alkanes of at least 4 members (excludes halogenated alkanes) is 1. The van der Waals surface area contributed by atoms with Gasteiger partial charge < -0.3 is 9.88 Å². The maximum absolute atomic E-state index is 4.05. The molecule has 2 unspecified atom stereocenters. The van der Waals surface area contributed by atoms with Crippen LogP contribution in [-0.4, -0.2) is 29.5 Å². The lowest BCUT2D eigenvalue weighted by molar-refractivity contribution is 0.139. The van der Waals surface area contributed by atoms with Crippen LogP contribution < -0.4 is 0 Å². The number of aromatic nitrogens is 1. The first-order valence-electron chi connectivity index (χ1n) is 9.20. The number of H-pyrrole nitrogens is 1. The predicted octanol–water partition coefficient (Wildman–Crippen LogP) is 5.91. The molecule has 2 heteroatoms. The minimum absolute atomic E-state index is 0. The molecular weight excluding hydrogens is 292 g/mol. The van der Waals surface area contributed by atoms with Crippen LogP contribution in [0.4, 0.5) is 0 Å². The highest BCUT2D eigenvalue weighted by Crippen LogP contribution is 2.27. The number of hydrogen-bond donors (Lipinski definition) is 1. The number of nitrogens with one attached hydrogen (secondary N) is 1. The fraction of sp³-hybridized carbons (Fsp3) is 0.545. The van der Waals surface area contributed by atoms with Gasteiger partial charge >= 0.3 is 0 Å². The molecule has 0 aliphatic carbocycles. The third-order valence-corrected chi connectivity index (χ3v) is 5.32. The van der Waals surface area contributed by atoms with Crippen LogP contribution >= 0.6 is 0 Å². The van der Waals surface area contributed by atoms with Gasteiger partial charge in [0.1, 0.15) is 0 Å². The van der Waals surface area contributed by atoms with E-state index < -0.39 is 0 Å². The molecule has 1 aromatic carbocycles. The number of hydrogen-bond acceptors (Lipinski definition) is 1. The molecule has 2 aromatic rings.